The molecule has 3 atom stereocenters. The summed E-state index contributed by atoms with van der Waals surface area (Å²) in [4.78, 5) is 25.4. The van der Waals surface area contributed by atoms with E-state index in [1.165, 1.54) is 70.6 Å². The molecule has 0 fully saturated rings. The highest BCUT2D eigenvalue weighted by atomic mass is 31.2. The Kier molecular flexibility index (Phi) is 51.5. The van der Waals surface area contributed by atoms with Crippen molar-refractivity contribution in [2.45, 2.75) is 219 Å². The maximum Gasteiger partial charge on any atom is 0.268 e. The molecule has 8 nitrogen and oxygen atoms in total. The van der Waals surface area contributed by atoms with Crippen LogP contribution in [0.3, 0.4) is 0 Å². The third-order valence-electron chi connectivity index (χ3n) is 12.0. The Morgan fingerprint density at radius 1 is 0.486 bits per heavy atom. The van der Waals surface area contributed by atoms with E-state index < -0.39 is 26.6 Å². The van der Waals surface area contributed by atoms with E-state index >= 15 is 0 Å². The summed E-state index contributed by atoms with van der Waals surface area (Å²) >= 11 is 0. The summed E-state index contributed by atoms with van der Waals surface area (Å²) < 4.78 is 23.2. The van der Waals surface area contributed by atoms with Gasteiger partial charge in [0.15, 0.2) is 0 Å². The number of likely N-dealkylation sites (N-methyl/N-ethyl adjacent to an activating group) is 1. The molecule has 0 spiro atoms. The van der Waals surface area contributed by atoms with E-state index in [1.807, 2.05) is 27.2 Å². The first-order valence-electron chi connectivity index (χ1n) is 29.2. The van der Waals surface area contributed by atoms with Gasteiger partial charge in [0.25, 0.3) is 7.82 Å². The lowest BCUT2D eigenvalue weighted by Gasteiger charge is -2.29. The molecular weight excluding hydrogens is 936 g/mol. The number of aliphatic hydroxyl groups excluding tert-OH is 1. The quantitative estimate of drug-likeness (QED) is 0.0272. The van der Waals surface area contributed by atoms with Crippen LogP contribution in [0.2, 0.25) is 0 Å². The second-order valence-corrected chi connectivity index (χ2v) is 21.7. The van der Waals surface area contributed by atoms with Gasteiger partial charge < -0.3 is 28.8 Å². The largest absolute Gasteiger partial charge is 0.756 e. The van der Waals surface area contributed by atoms with E-state index in [0.717, 1.165) is 116 Å². The summed E-state index contributed by atoms with van der Waals surface area (Å²) in [5.41, 5.74) is 0. The number of amides is 1. The Hall–Kier alpha value is -3.62. The van der Waals surface area contributed by atoms with Gasteiger partial charge in [-0.05, 0) is 109 Å². The maximum atomic E-state index is 12.9. The topological polar surface area (TPSA) is 108 Å². The normalized spacial score (nSPS) is 15.0. The number of aliphatic hydroxyl groups is 1. The van der Waals surface area contributed by atoms with Crippen LogP contribution in [0, 0.1) is 0 Å². The van der Waals surface area contributed by atoms with Crippen LogP contribution in [0.5, 0.6) is 0 Å². The fourth-order valence-corrected chi connectivity index (χ4v) is 8.20. The van der Waals surface area contributed by atoms with Crippen LogP contribution in [0.1, 0.15) is 206 Å². The number of unbranched alkanes of at least 4 members (excludes halogenated alkanes) is 16. The van der Waals surface area contributed by atoms with E-state index in [9.17, 15) is 19.4 Å². The number of rotatable bonds is 51. The molecule has 0 bridgehead atoms. The third-order valence-corrected chi connectivity index (χ3v) is 13.0. The molecule has 3 unspecified atom stereocenters. The molecule has 1 amide bonds. The molecule has 9 heteroatoms. The lowest BCUT2D eigenvalue weighted by atomic mass is 10.0. The number of nitrogens with one attached hydrogen (secondary N) is 1. The second-order valence-electron chi connectivity index (χ2n) is 20.2. The average molecular weight is 1050 g/mol. The standard InChI is InChI=1S/C65H109N2O6P/c1-6-8-10-12-14-16-18-19-20-21-22-23-24-25-26-27-28-29-30-31-32-33-34-35-36-37-38-39-40-41-42-43-44-45-46-47-49-51-53-55-57-59-65(69)66-63(62-73-74(70,71)72-61-60-67(3,4)5)64(68)58-56-54-52-50-48-17-15-13-11-9-7-2/h8,10-11,13-14,16,19-20,22-23,25-26,28-29,31-32,34-35,37-38,48,50,56,58,63-64,68H,6-7,9,12,15,17-18,21,24,27,30,33,36,39-47,49,51-55,57,59-62H2,1-5H3,(H-,66,69,70,71)/b10-8-,13-11+,16-14-,20-19-,23-22-,26-25-,29-28-,32-31-,35-34-,38-37-,50-48+,58-56+. The molecular formula is C65H109N2O6P. The SMILES string of the molecule is CC/C=C\C/C=C\C/C=C\C/C=C\C/C=C\C/C=C\C/C=C\C/C=C\C/C=C\CCCCCCCCCCCCCCCC(=O)NC(COP(=O)([O-])OCC[N+](C)(C)C)C(O)/C=C/CC/C=C/CC/C=C/CCC. The molecule has 0 aromatic rings. The zero-order valence-electron chi connectivity index (χ0n) is 47.7. The number of phosphoric acid groups is 1. The molecule has 0 aliphatic carbocycles. The van der Waals surface area contributed by atoms with Crippen LogP contribution in [0.4, 0.5) is 0 Å². The fraction of sp³-hybridized carbons (Fsp3) is 0.615. The van der Waals surface area contributed by atoms with Gasteiger partial charge >= 0.3 is 0 Å². The van der Waals surface area contributed by atoms with E-state index in [-0.39, 0.29) is 12.5 Å². The van der Waals surface area contributed by atoms with E-state index in [0.29, 0.717) is 17.4 Å². The van der Waals surface area contributed by atoms with Crippen LogP contribution in [0.15, 0.2) is 146 Å². The number of carbonyl (C=O) groups excluding carboxylic acids is 1. The zero-order chi connectivity index (χ0) is 54.2. The van der Waals surface area contributed by atoms with Gasteiger partial charge in [-0.25, -0.2) is 0 Å². The minimum absolute atomic E-state index is 0.0156. The van der Waals surface area contributed by atoms with E-state index in [2.05, 4.69) is 153 Å². The van der Waals surface area contributed by atoms with Crippen molar-refractivity contribution in [2.24, 2.45) is 0 Å². The molecule has 0 aromatic carbocycles. The van der Waals surface area contributed by atoms with Crippen LogP contribution in [-0.4, -0.2) is 68.5 Å². The van der Waals surface area contributed by atoms with Gasteiger partial charge in [0.05, 0.1) is 39.9 Å². The number of hydrogen-bond acceptors (Lipinski definition) is 6. The van der Waals surface area contributed by atoms with Gasteiger partial charge in [0, 0.05) is 6.42 Å². The Morgan fingerprint density at radius 2 is 0.838 bits per heavy atom. The summed E-state index contributed by atoms with van der Waals surface area (Å²) in [6.07, 6.45) is 83.8. The minimum Gasteiger partial charge on any atom is -0.756 e. The smallest absolute Gasteiger partial charge is 0.268 e. The lowest BCUT2D eigenvalue weighted by Crippen LogP contribution is -2.45. The Balaban J connectivity index is 4.02. The van der Waals surface area contributed by atoms with E-state index in [4.69, 9.17) is 9.05 Å². The molecule has 0 saturated carbocycles. The van der Waals surface area contributed by atoms with Gasteiger partial charge in [-0.3, -0.25) is 9.36 Å². The van der Waals surface area contributed by atoms with Gasteiger partial charge in [0.2, 0.25) is 5.91 Å². The Labute approximate surface area is 455 Å². The highest BCUT2D eigenvalue weighted by Gasteiger charge is 2.23. The van der Waals surface area contributed by atoms with Crippen LogP contribution >= 0.6 is 7.82 Å². The summed E-state index contributed by atoms with van der Waals surface area (Å²) in [7, 11) is 1.21. The van der Waals surface area contributed by atoms with Crippen LogP contribution in [0.25, 0.3) is 0 Å². The number of allylic oxidation sites excluding steroid dienone is 23. The summed E-state index contributed by atoms with van der Waals surface area (Å²) in [6, 6.07) is -0.918. The maximum absolute atomic E-state index is 12.9. The van der Waals surface area contributed by atoms with Gasteiger partial charge in [-0.2, -0.15) is 0 Å². The summed E-state index contributed by atoms with van der Waals surface area (Å²) in [5.74, 6) is -0.221. The predicted octanol–water partition coefficient (Wildman–Crippen LogP) is 17.5. The highest BCUT2D eigenvalue weighted by molar-refractivity contribution is 7.45. The van der Waals surface area contributed by atoms with Crippen molar-refractivity contribution < 1.29 is 32.9 Å². The minimum atomic E-state index is -4.61. The Bertz CT molecular complexity index is 1710. The number of quaternary nitrogens is 1. The van der Waals surface area contributed by atoms with Gasteiger partial charge in [-0.1, -0.05) is 237 Å². The summed E-state index contributed by atoms with van der Waals surface area (Å²) in [5, 5.41) is 13.8. The number of phosphoric ester groups is 1. The van der Waals surface area contributed by atoms with Crippen molar-refractivity contribution in [3.8, 4) is 0 Å². The first-order chi connectivity index (χ1) is 36.0. The van der Waals surface area contributed by atoms with Crippen molar-refractivity contribution in [1.82, 2.24) is 5.32 Å². The molecule has 0 heterocycles. The van der Waals surface area contributed by atoms with Crippen LogP contribution < -0.4 is 10.2 Å². The molecule has 420 valence electrons. The number of carbonyl (C=O) groups is 1. The fourth-order valence-electron chi connectivity index (χ4n) is 7.48. The first-order valence-corrected chi connectivity index (χ1v) is 30.7. The lowest BCUT2D eigenvalue weighted by molar-refractivity contribution is -0.870. The second kappa shape index (κ2) is 54.2. The molecule has 0 aliphatic rings. The first kappa shape index (κ1) is 70.4. The molecule has 0 radical (unpaired) electrons. The highest BCUT2D eigenvalue weighted by Crippen LogP contribution is 2.38. The molecule has 0 aromatic heterocycles. The average Bonchev–Trinajstić information content (AvgIpc) is 3.36. The zero-order valence-corrected chi connectivity index (χ0v) is 48.6. The summed E-state index contributed by atoms with van der Waals surface area (Å²) in [6.45, 7) is 4.40. The van der Waals surface area contributed by atoms with Crippen molar-refractivity contribution in [2.75, 3.05) is 40.9 Å². The molecule has 0 rings (SSSR count). The van der Waals surface area contributed by atoms with Gasteiger partial charge in [-0.15, -0.1) is 0 Å². The number of hydrogen-bond donors (Lipinski definition) is 2. The van der Waals surface area contributed by atoms with Crippen molar-refractivity contribution in [1.29, 1.82) is 0 Å². The van der Waals surface area contributed by atoms with Crippen molar-refractivity contribution >= 4 is 13.7 Å². The molecule has 2 N–H and O–H groups in total. The molecule has 0 aliphatic heterocycles. The van der Waals surface area contributed by atoms with E-state index in [1.54, 1.807) is 6.08 Å². The van der Waals surface area contributed by atoms with Crippen molar-refractivity contribution in [3.05, 3.63) is 146 Å². The third kappa shape index (κ3) is 56.1. The monoisotopic (exact) mass is 1040 g/mol. The van der Waals surface area contributed by atoms with Gasteiger partial charge in [0.1, 0.15) is 13.2 Å². The van der Waals surface area contributed by atoms with Crippen LogP contribution in [-0.2, 0) is 18.4 Å². The number of nitrogens with zero attached hydrogens (tertiary/aromatic N) is 1. The molecule has 74 heavy (non-hydrogen) atoms. The van der Waals surface area contributed by atoms with Crippen molar-refractivity contribution in [3.63, 3.8) is 0 Å². The molecule has 0 saturated heterocycles. The Morgan fingerprint density at radius 3 is 1.24 bits per heavy atom. The predicted molar refractivity (Wildman–Crippen MR) is 320 cm³/mol.